The maximum Gasteiger partial charge on any atom is 0.320 e. The standard InChI is InChI=1S/C27H36N6O4/c1-5-37-26(34)16-31-8-6-20(7-9-31)22-13-23-21(12-18(22)2)15-28-33(23)25-14-24(29-27(30-25)35-4)32-10-11-36-17-19(32)3/h12-15,19-20H,5-11,16-17H2,1-4H3/t19-/m1/s1. The summed E-state index contributed by atoms with van der Waals surface area (Å²) in [6.45, 7) is 10.8. The van der Waals surface area contributed by atoms with Crippen molar-refractivity contribution in [3.63, 3.8) is 0 Å². The van der Waals surface area contributed by atoms with Crippen molar-refractivity contribution in [3.8, 4) is 11.8 Å². The number of anilines is 1. The van der Waals surface area contributed by atoms with E-state index in [0.717, 1.165) is 49.2 Å². The van der Waals surface area contributed by atoms with Crippen LogP contribution >= 0.6 is 0 Å². The number of likely N-dealkylation sites (tertiary alicyclic amines) is 1. The van der Waals surface area contributed by atoms with Crippen molar-refractivity contribution in [2.24, 2.45) is 0 Å². The SMILES string of the molecule is CCOC(=O)CN1CCC(c2cc3c(cnn3-c3cc(N4CCOC[C@H]4C)nc(OC)n3)cc2C)CC1. The van der Waals surface area contributed by atoms with Crippen molar-refractivity contribution in [2.45, 2.75) is 45.6 Å². The number of methoxy groups -OCH3 is 1. The molecule has 3 aromatic rings. The predicted molar refractivity (Wildman–Crippen MR) is 141 cm³/mol. The van der Waals surface area contributed by atoms with Crippen LogP contribution in [0.3, 0.4) is 0 Å². The molecule has 0 aliphatic carbocycles. The quantitative estimate of drug-likeness (QED) is 0.446. The summed E-state index contributed by atoms with van der Waals surface area (Å²) >= 11 is 0. The van der Waals surface area contributed by atoms with Gasteiger partial charge in [-0.25, -0.2) is 4.68 Å². The number of aryl methyl sites for hydroxylation is 1. The first-order chi connectivity index (χ1) is 18.0. The molecule has 37 heavy (non-hydrogen) atoms. The third kappa shape index (κ3) is 5.40. The number of rotatable bonds is 7. The lowest BCUT2D eigenvalue weighted by Crippen LogP contribution is -2.44. The van der Waals surface area contributed by atoms with Crippen LogP contribution in [0, 0.1) is 6.92 Å². The van der Waals surface area contributed by atoms with Gasteiger partial charge in [-0.1, -0.05) is 0 Å². The first-order valence-corrected chi connectivity index (χ1v) is 13.1. The second-order valence-electron chi connectivity index (χ2n) is 9.87. The number of morpholine rings is 1. The molecular formula is C27H36N6O4. The average Bonchev–Trinajstić information content (AvgIpc) is 3.31. The summed E-state index contributed by atoms with van der Waals surface area (Å²) in [6.07, 6.45) is 3.89. The molecule has 1 atom stereocenters. The van der Waals surface area contributed by atoms with E-state index in [4.69, 9.17) is 19.3 Å². The van der Waals surface area contributed by atoms with E-state index in [-0.39, 0.29) is 12.0 Å². The van der Waals surface area contributed by atoms with Gasteiger partial charge in [-0.15, -0.1) is 0 Å². The monoisotopic (exact) mass is 508 g/mol. The Morgan fingerprint density at radius 2 is 1.92 bits per heavy atom. The van der Waals surface area contributed by atoms with E-state index in [1.54, 1.807) is 7.11 Å². The number of piperidine rings is 1. The normalized spacial score (nSPS) is 19.4. The molecule has 10 nitrogen and oxygen atoms in total. The molecule has 2 saturated heterocycles. The van der Waals surface area contributed by atoms with Crippen LogP contribution in [0.15, 0.2) is 24.4 Å². The topological polar surface area (TPSA) is 94.8 Å². The van der Waals surface area contributed by atoms with E-state index in [1.165, 1.54) is 11.1 Å². The lowest BCUT2D eigenvalue weighted by molar-refractivity contribution is -0.144. The maximum atomic E-state index is 11.9. The molecule has 10 heteroatoms. The van der Waals surface area contributed by atoms with Crippen molar-refractivity contribution in [2.75, 3.05) is 58.0 Å². The van der Waals surface area contributed by atoms with E-state index >= 15 is 0 Å². The molecule has 5 rings (SSSR count). The highest BCUT2D eigenvalue weighted by Crippen LogP contribution is 2.34. The van der Waals surface area contributed by atoms with E-state index in [2.05, 4.69) is 45.7 Å². The van der Waals surface area contributed by atoms with Crippen LogP contribution in [-0.4, -0.2) is 89.8 Å². The van der Waals surface area contributed by atoms with Crippen LogP contribution in [0.25, 0.3) is 16.7 Å². The Bertz CT molecular complexity index is 1250. The highest BCUT2D eigenvalue weighted by Gasteiger charge is 2.25. The third-order valence-electron chi connectivity index (χ3n) is 7.38. The highest BCUT2D eigenvalue weighted by atomic mass is 16.5. The van der Waals surface area contributed by atoms with Gasteiger partial charge in [-0.05, 0) is 75.9 Å². The number of hydrogen-bond acceptors (Lipinski definition) is 9. The first kappa shape index (κ1) is 25.4. The second-order valence-corrected chi connectivity index (χ2v) is 9.87. The zero-order chi connectivity index (χ0) is 25.9. The minimum atomic E-state index is -0.145. The minimum Gasteiger partial charge on any atom is -0.467 e. The molecule has 0 unspecified atom stereocenters. The van der Waals surface area contributed by atoms with Gasteiger partial charge in [0.25, 0.3) is 0 Å². The number of carbonyl (C=O) groups is 1. The van der Waals surface area contributed by atoms with Crippen molar-refractivity contribution >= 4 is 22.7 Å². The van der Waals surface area contributed by atoms with Crippen molar-refractivity contribution in [1.82, 2.24) is 24.6 Å². The molecule has 0 bridgehead atoms. The highest BCUT2D eigenvalue weighted by molar-refractivity contribution is 5.82. The Labute approximate surface area is 217 Å². The second kappa shape index (κ2) is 11.0. The zero-order valence-corrected chi connectivity index (χ0v) is 22.1. The molecule has 2 aliphatic rings. The molecule has 2 aliphatic heterocycles. The summed E-state index contributed by atoms with van der Waals surface area (Å²) in [5.74, 6) is 1.77. The average molecular weight is 509 g/mol. The summed E-state index contributed by atoms with van der Waals surface area (Å²) in [4.78, 5) is 25.6. The summed E-state index contributed by atoms with van der Waals surface area (Å²) in [6, 6.07) is 6.97. The van der Waals surface area contributed by atoms with Gasteiger partial charge in [0.05, 0.1) is 51.2 Å². The summed E-state index contributed by atoms with van der Waals surface area (Å²) in [5.41, 5.74) is 3.60. The van der Waals surface area contributed by atoms with Gasteiger partial charge in [0.15, 0.2) is 5.82 Å². The summed E-state index contributed by atoms with van der Waals surface area (Å²) in [7, 11) is 1.59. The number of fused-ring (bicyclic) bond motifs is 1. The Morgan fingerprint density at radius 3 is 2.65 bits per heavy atom. The Hall–Kier alpha value is -3.24. The van der Waals surface area contributed by atoms with E-state index in [0.29, 0.717) is 44.1 Å². The van der Waals surface area contributed by atoms with Gasteiger partial charge in [0.1, 0.15) is 5.82 Å². The summed E-state index contributed by atoms with van der Waals surface area (Å²) < 4.78 is 18.1. The van der Waals surface area contributed by atoms with E-state index in [1.807, 2.05) is 23.9 Å². The van der Waals surface area contributed by atoms with Crippen molar-refractivity contribution in [3.05, 3.63) is 35.5 Å². The molecule has 198 valence electrons. The molecule has 2 aromatic heterocycles. The number of aromatic nitrogens is 4. The fourth-order valence-corrected chi connectivity index (χ4v) is 5.43. The molecule has 0 saturated carbocycles. The molecule has 0 radical (unpaired) electrons. The van der Waals surface area contributed by atoms with Gasteiger partial charge in [-0.2, -0.15) is 15.1 Å². The number of ether oxygens (including phenoxy) is 3. The van der Waals surface area contributed by atoms with Gasteiger partial charge in [0.2, 0.25) is 0 Å². The predicted octanol–water partition coefficient (Wildman–Crippen LogP) is 3.10. The molecule has 4 heterocycles. The Morgan fingerprint density at radius 1 is 1.14 bits per heavy atom. The maximum absolute atomic E-state index is 11.9. The van der Waals surface area contributed by atoms with E-state index in [9.17, 15) is 4.79 Å². The summed E-state index contributed by atoms with van der Waals surface area (Å²) in [5, 5.41) is 5.77. The molecule has 1 aromatic carbocycles. The Kier molecular flexibility index (Phi) is 7.57. The number of nitrogens with zero attached hydrogens (tertiary/aromatic N) is 6. The van der Waals surface area contributed by atoms with Crippen molar-refractivity contribution in [1.29, 1.82) is 0 Å². The smallest absolute Gasteiger partial charge is 0.320 e. The van der Waals surface area contributed by atoms with Gasteiger partial charge >= 0.3 is 12.0 Å². The zero-order valence-electron chi connectivity index (χ0n) is 22.1. The van der Waals surface area contributed by atoms with Crippen LogP contribution in [0.5, 0.6) is 6.01 Å². The molecular weight excluding hydrogens is 472 g/mol. The first-order valence-electron chi connectivity index (χ1n) is 13.1. The molecule has 0 N–H and O–H groups in total. The van der Waals surface area contributed by atoms with Crippen LogP contribution in [0.4, 0.5) is 5.82 Å². The lowest BCUT2D eigenvalue weighted by atomic mass is 9.86. The molecule has 2 fully saturated rings. The van der Waals surface area contributed by atoms with Crippen LogP contribution in [0.2, 0.25) is 0 Å². The number of hydrogen-bond donors (Lipinski definition) is 0. The van der Waals surface area contributed by atoms with Gasteiger partial charge in [0, 0.05) is 18.0 Å². The largest absolute Gasteiger partial charge is 0.467 e. The van der Waals surface area contributed by atoms with Crippen LogP contribution < -0.4 is 9.64 Å². The molecule has 0 spiro atoms. The van der Waals surface area contributed by atoms with Crippen LogP contribution in [-0.2, 0) is 14.3 Å². The molecule has 0 amide bonds. The van der Waals surface area contributed by atoms with Gasteiger partial charge < -0.3 is 19.1 Å². The minimum absolute atomic E-state index is 0.145. The Balaban J connectivity index is 1.43. The van der Waals surface area contributed by atoms with Crippen molar-refractivity contribution < 1.29 is 19.0 Å². The van der Waals surface area contributed by atoms with E-state index < -0.39 is 0 Å². The number of esters is 1. The third-order valence-corrected chi connectivity index (χ3v) is 7.38. The number of benzene rings is 1. The number of carbonyl (C=O) groups excluding carboxylic acids is 1. The van der Waals surface area contributed by atoms with Gasteiger partial charge in [-0.3, -0.25) is 9.69 Å². The fourth-order valence-electron chi connectivity index (χ4n) is 5.43. The van der Waals surface area contributed by atoms with Crippen LogP contribution in [0.1, 0.15) is 43.7 Å². The fraction of sp³-hybridized carbons (Fsp3) is 0.556. The lowest BCUT2D eigenvalue weighted by Gasteiger charge is -2.34.